The van der Waals surface area contributed by atoms with Gasteiger partial charge in [-0.25, -0.2) is 9.37 Å². The Bertz CT molecular complexity index is 291. The third-order valence-corrected chi connectivity index (χ3v) is 1.59. The Kier molecular flexibility index (Phi) is 3.83. The number of hydrogen-bond acceptors (Lipinski definition) is 3. The molecule has 0 aliphatic rings. The molecule has 0 saturated carbocycles. The fourth-order valence-electron chi connectivity index (χ4n) is 1.00. The molecule has 1 aromatic heterocycles. The zero-order valence-corrected chi connectivity index (χ0v) is 8.27. The number of aromatic nitrogens is 1. The fraction of sp³-hybridized carbons (Fsp3) is 0.500. The van der Waals surface area contributed by atoms with Crippen LogP contribution in [0, 0.1) is 0 Å². The van der Waals surface area contributed by atoms with E-state index in [1.165, 1.54) is 0 Å². The SMILES string of the molecule is CC(C)Oc1cccc(C(O)CF)n1. The Morgan fingerprint density at radius 3 is 2.79 bits per heavy atom. The zero-order valence-electron chi connectivity index (χ0n) is 8.27. The molecule has 0 radical (unpaired) electrons. The molecule has 1 N–H and O–H groups in total. The van der Waals surface area contributed by atoms with Crippen molar-refractivity contribution in [1.82, 2.24) is 4.98 Å². The predicted molar refractivity (Wildman–Crippen MR) is 50.9 cm³/mol. The lowest BCUT2D eigenvalue weighted by molar-refractivity contribution is 0.135. The van der Waals surface area contributed by atoms with Crippen molar-refractivity contribution in [2.24, 2.45) is 0 Å². The van der Waals surface area contributed by atoms with Crippen LogP contribution in [0.25, 0.3) is 0 Å². The molecular formula is C10H14FNO2. The van der Waals surface area contributed by atoms with Crippen LogP contribution in [0.15, 0.2) is 18.2 Å². The molecule has 1 atom stereocenters. The summed E-state index contributed by atoms with van der Waals surface area (Å²) in [5.41, 5.74) is 0.297. The summed E-state index contributed by atoms with van der Waals surface area (Å²) >= 11 is 0. The monoisotopic (exact) mass is 199 g/mol. The van der Waals surface area contributed by atoms with Gasteiger partial charge in [-0.1, -0.05) is 6.07 Å². The van der Waals surface area contributed by atoms with Gasteiger partial charge < -0.3 is 9.84 Å². The molecule has 0 aromatic carbocycles. The summed E-state index contributed by atoms with van der Waals surface area (Å²) in [6, 6.07) is 4.92. The van der Waals surface area contributed by atoms with Crippen LogP contribution >= 0.6 is 0 Å². The van der Waals surface area contributed by atoms with E-state index in [2.05, 4.69) is 4.98 Å². The maximum Gasteiger partial charge on any atom is 0.213 e. The van der Waals surface area contributed by atoms with Gasteiger partial charge in [0.2, 0.25) is 5.88 Å². The summed E-state index contributed by atoms with van der Waals surface area (Å²) in [4.78, 5) is 3.97. The van der Waals surface area contributed by atoms with Crippen molar-refractivity contribution >= 4 is 0 Å². The number of alkyl halides is 1. The average Bonchev–Trinajstić information content (AvgIpc) is 2.16. The van der Waals surface area contributed by atoms with Crippen LogP contribution in [-0.4, -0.2) is 22.9 Å². The topological polar surface area (TPSA) is 42.4 Å². The van der Waals surface area contributed by atoms with Crippen LogP contribution in [0.3, 0.4) is 0 Å². The number of pyridine rings is 1. The van der Waals surface area contributed by atoms with Gasteiger partial charge in [-0.15, -0.1) is 0 Å². The van der Waals surface area contributed by atoms with Crippen LogP contribution in [0.4, 0.5) is 4.39 Å². The second-order valence-corrected chi connectivity index (χ2v) is 3.24. The Morgan fingerprint density at radius 2 is 2.21 bits per heavy atom. The molecule has 0 spiro atoms. The molecule has 0 aliphatic carbocycles. The molecule has 14 heavy (non-hydrogen) atoms. The maximum atomic E-state index is 12.1. The van der Waals surface area contributed by atoms with E-state index in [1.807, 2.05) is 13.8 Å². The minimum Gasteiger partial charge on any atom is -0.475 e. The van der Waals surface area contributed by atoms with E-state index in [1.54, 1.807) is 18.2 Å². The quantitative estimate of drug-likeness (QED) is 0.805. The van der Waals surface area contributed by atoms with Gasteiger partial charge in [0.25, 0.3) is 0 Å². The minimum absolute atomic E-state index is 0.0141. The van der Waals surface area contributed by atoms with Crippen molar-refractivity contribution in [3.05, 3.63) is 23.9 Å². The fourth-order valence-corrected chi connectivity index (χ4v) is 1.00. The number of ether oxygens (including phenoxy) is 1. The molecule has 1 aromatic rings. The molecule has 3 nitrogen and oxygen atoms in total. The van der Waals surface area contributed by atoms with Crippen molar-refractivity contribution in [1.29, 1.82) is 0 Å². The summed E-state index contributed by atoms with van der Waals surface area (Å²) in [6.07, 6.45) is -1.15. The van der Waals surface area contributed by atoms with E-state index in [0.717, 1.165) is 0 Å². The van der Waals surface area contributed by atoms with Crippen LogP contribution in [0.1, 0.15) is 25.6 Å². The van der Waals surface area contributed by atoms with E-state index in [4.69, 9.17) is 4.74 Å². The highest BCUT2D eigenvalue weighted by Gasteiger charge is 2.09. The number of aliphatic hydroxyl groups excluding tert-OH is 1. The van der Waals surface area contributed by atoms with Crippen LogP contribution in [-0.2, 0) is 0 Å². The van der Waals surface area contributed by atoms with Crippen LogP contribution in [0.2, 0.25) is 0 Å². The van der Waals surface area contributed by atoms with Crippen molar-refractivity contribution in [2.75, 3.05) is 6.67 Å². The first kappa shape index (κ1) is 10.9. The molecule has 4 heteroatoms. The highest BCUT2D eigenvalue weighted by Crippen LogP contribution is 2.15. The van der Waals surface area contributed by atoms with Crippen molar-refractivity contribution in [3.63, 3.8) is 0 Å². The Labute approximate surface area is 82.5 Å². The molecular weight excluding hydrogens is 185 g/mol. The Morgan fingerprint density at radius 1 is 1.50 bits per heavy atom. The normalized spacial score (nSPS) is 12.9. The van der Waals surface area contributed by atoms with Gasteiger partial charge >= 0.3 is 0 Å². The third-order valence-electron chi connectivity index (χ3n) is 1.59. The van der Waals surface area contributed by atoms with Crippen molar-refractivity contribution < 1.29 is 14.2 Å². The lowest BCUT2D eigenvalue weighted by atomic mass is 10.2. The molecule has 0 fully saturated rings. The van der Waals surface area contributed by atoms with E-state index in [9.17, 15) is 9.50 Å². The highest BCUT2D eigenvalue weighted by molar-refractivity contribution is 5.17. The van der Waals surface area contributed by atoms with Gasteiger partial charge in [-0.3, -0.25) is 0 Å². The molecule has 0 aliphatic heterocycles. The number of aliphatic hydroxyl groups is 1. The number of nitrogens with zero attached hydrogens (tertiary/aromatic N) is 1. The van der Waals surface area contributed by atoms with Gasteiger partial charge in [0.1, 0.15) is 12.8 Å². The largest absolute Gasteiger partial charge is 0.475 e. The van der Waals surface area contributed by atoms with Crippen LogP contribution < -0.4 is 4.74 Å². The Balaban J connectivity index is 2.78. The lowest BCUT2D eigenvalue weighted by Crippen LogP contribution is -2.09. The lowest BCUT2D eigenvalue weighted by Gasteiger charge is -2.11. The van der Waals surface area contributed by atoms with Gasteiger partial charge in [-0.05, 0) is 19.9 Å². The Hall–Kier alpha value is -1.16. The van der Waals surface area contributed by atoms with Gasteiger partial charge in [0.15, 0.2) is 0 Å². The first-order chi connectivity index (χ1) is 6.63. The van der Waals surface area contributed by atoms with E-state index in [-0.39, 0.29) is 6.10 Å². The maximum absolute atomic E-state index is 12.1. The second-order valence-electron chi connectivity index (χ2n) is 3.24. The van der Waals surface area contributed by atoms with Gasteiger partial charge in [0, 0.05) is 6.07 Å². The first-order valence-corrected chi connectivity index (χ1v) is 4.51. The standard InChI is InChI=1S/C10H14FNO2/c1-7(2)14-10-5-3-4-8(12-10)9(13)6-11/h3-5,7,9,13H,6H2,1-2H3. The zero-order chi connectivity index (χ0) is 10.6. The molecule has 0 amide bonds. The van der Waals surface area contributed by atoms with E-state index in [0.29, 0.717) is 11.6 Å². The predicted octanol–water partition coefficient (Wildman–Crippen LogP) is 1.87. The number of hydrogen-bond donors (Lipinski definition) is 1. The second kappa shape index (κ2) is 4.91. The molecule has 78 valence electrons. The number of rotatable bonds is 4. The van der Waals surface area contributed by atoms with Gasteiger partial charge in [-0.2, -0.15) is 0 Å². The smallest absolute Gasteiger partial charge is 0.213 e. The first-order valence-electron chi connectivity index (χ1n) is 4.51. The summed E-state index contributed by atoms with van der Waals surface area (Å²) in [6.45, 7) is 2.91. The van der Waals surface area contributed by atoms with Crippen molar-refractivity contribution in [3.8, 4) is 5.88 Å². The van der Waals surface area contributed by atoms with Crippen LogP contribution in [0.5, 0.6) is 5.88 Å². The average molecular weight is 199 g/mol. The summed E-state index contributed by atoms with van der Waals surface area (Å²) in [5.74, 6) is 0.407. The molecule has 0 bridgehead atoms. The third kappa shape index (κ3) is 2.96. The summed E-state index contributed by atoms with van der Waals surface area (Å²) in [5, 5.41) is 9.19. The van der Waals surface area contributed by atoms with Gasteiger partial charge in [0.05, 0.1) is 11.8 Å². The van der Waals surface area contributed by atoms with Crippen molar-refractivity contribution in [2.45, 2.75) is 26.1 Å². The molecule has 0 saturated heterocycles. The van der Waals surface area contributed by atoms with E-state index < -0.39 is 12.8 Å². The highest BCUT2D eigenvalue weighted by atomic mass is 19.1. The summed E-state index contributed by atoms with van der Waals surface area (Å²) in [7, 11) is 0. The summed E-state index contributed by atoms with van der Waals surface area (Å²) < 4.78 is 17.4. The minimum atomic E-state index is -1.16. The van der Waals surface area contributed by atoms with E-state index >= 15 is 0 Å². The molecule has 1 rings (SSSR count). The number of halogens is 1. The molecule has 1 heterocycles. The molecule has 1 unspecified atom stereocenters.